The molecule has 1 heterocycles. The van der Waals surface area contributed by atoms with E-state index in [1.54, 1.807) is 12.4 Å². The van der Waals surface area contributed by atoms with Crippen molar-refractivity contribution in [2.75, 3.05) is 6.54 Å². The van der Waals surface area contributed by atoms with Gasteiger partial charge in [-0.15, -0.1) is 0 Å². The molecule has 0 saturated carbocycles. The first-order chi connectivity index (χ1) is 6.83. The summed E-state index contributed by atoms with van der Waals surface area (Å²) >= 11 is 2.86. The van der Waals surface area contributed by atoms with Crippen molar-refractivity contribution in [3.8, 4) is 10.8 Å². The summed E-state index contributed by atoms with van der Waals surface area (Å²) in [6.07, 6.45) is 4.25. The average molecular weight is 253 g/mol. The maximum absolute atomic E-state index is 10.9. The van der Waals surface area contributed by atoms with Gasteiger partial charge in [-0.25, -0.2) is 0 Å². The highest BCUT2D eigenvalue weighted by molar-refractivity contribution is 9.12. The highest BCUT2D eigenvalue weighted by Crippen LogP contribution is 1.95. The molecular formula is C10H9BrN2O. The SMILES string of the molecule is O=C(C#CBr)NCCc1ccncc1. The predicted molar refractivity (Wildman–Crippen MR) is 57.7 cm³/mol. The summed E-state index contributed by atoms with van der Waals surface area (Å²) < 4.78 is 0. The largest absolute Gasteiger partial charge is 0.345 e. The third-order valence-electron chi connectivity index (χ3n) is 1.61. The van der Waals surface area contributed by atoms with Gasteiger partial charge in [-0.2, -0.15) is 0 Å². The van der Waals surface area contributed by atoms with Crippen LogP contribution in [0.15, 0.2) is 24.5 Å². The first kappa shape index (κ1) is 10.7. The molecule has 0 radical (unpaired) electrons. The Morgan fingerprint density at radius 3 is 2.86 bits per heavy atom. The van der Waals surface area contributed by atoms with Gasteiger partial charge in [0, 0.05) is 40.8 Å². The normalized spacial score (nSPS) is 8.64. The van der Waals surface area contributed by atoms with Gasteiger partial charge in [0.05, 0.1) is 0 Å². The number of nitrogens with one attached hydrogen (secondary N) is 1. The Morgan fingerprint density at radius 2 is 2.21 bits per heavy atom. The van der Waals surface area contributed by atoms with Gasteiger partial charge in [-0.05, 0) is 28.9 Å². The summed E-state index contributed by atoms with van der Waals surface area (Å²) in [6, 6.07) is 3.84. The molecule has 0 aromatic carbocycles. The van der Waals surface area contributed by atoms with Crippen LogP contribution in [0.4, 0.5) is 0 Å². The molecule has 0 fully saturated rings. The Labute approximate surface area is 91.1 Å². The van der Waals surface area contributed by atoms with Crippen molar-refractivity contribution in [2.45, 2.75) is 6.42 Å². The van der Waals surface area contributed by atoms with E-state index in [4.69, 9.17) is 0 Å². The summed E-state index contributed by atoms with van der Waals surface area (Å²) in [6.45, 7) is 0.588. The Kier molecular flexibility index (Phi) is 4.73. The van der Waals surface area contributed by atoms with Gasteiger partial charge < -0.3 is 5.32 Å². The van der Waals surface area contributed by atoms with E-state index in [1.165, 1.54) is 0 Å². The fraction of sp³-hybridized carbons (Fsp3) is 0.200. The summed E-state index contributed by atoms with van der Waals surface area (Å²) in [7, 11) is 0. The van der Waals surface area contributed by atoms with E-state index in [0.29, 0.717) is 6.54 Å². The monoisotopic (exact) mass is 252 g/mol. The van der Waals surface area contributed by atoms with Crippen molar-refractivity contribution in [1.82, 2.24) is 10.3 Å². The molecule has 0 spiro atoms. The zero-order valence-corrected chi connectivity index (χ0v) is 9.04. The van der Waals surface area contributed by atoms with E-state index in [1.807, 2.05) is 12.1 Å². The number of pyridine rings is 1. The van der Waals surface area contributed by atoms with E-state index < -0.39 is 0 Å². The van der Waals surface area contributed by atoms with Gasteiger partial charge in [0.1, 0.15) is 0 Å². The van der Waals surface area contributed by atoms with Gasteiger partial charge in [-0.1, -0.05) is 0 Å². The zero-order valence-electron chi connectivity index (χ0n) is 7.46. The molecule has 4 heteroatoms. The van der Waals surface area contributed by atoms with Crippen LogP contribution >= 0.6 is 15.9 Å². The topological polar surface area (TPSA) is 42.0 Å². The second kappa shape index (κ2) is 6.17. The summed E-state index contributed by atoms with van der Waals surface area (Å²) in [5.74, 6) is 2.07. The molecule has 0 bridgehead atoms. The van der Waals surface area contributed by atoms with Crippen molar-refractivity contribution >= 4 is 21.8 Å². The van der Waals surface area contributed by atoms with Crippen LogP contribution in [0, 0.1) is 10.8 Å². The lowest BCUT2D eigenvalue weighted by Gasteiger charge is -2.00. The average Bonchev–Trinajstić information content (AvgIpc) is 2.20. The quantitative estimate of drug-likeness (QED) is 0.819. The number of amides is 1. The number of rotatable bonds is 3. The highest BCUT2D eigenvalue weighted by atomic mass is 79.9. The van der Waals surface area contributed by atoms with Gasteiger partial charge in [-0.3, -0.25) is 9.78 Å². The Hall–Kier alpha value is -1.34. The number of hydrogen-bond acceptors (Lipinski definition) is 2. The predicted octanol–water partition coefficient (Wildman–Crippen LogP) is 1.10. The fourth-order valence-corrected chi connectivity index (χ4v) is 1.14. The van der Waals surface area contributed by atoms with E-state index >= 15 is 0 Å². The minimum atomic E-state index is -0.268. The smallest absolute Gasteiger partial charge is 0.296 e. The molecule has 1 amide bonds. The number of halogens is 1. The van der Waals surface area contributed by atoms with E-state index in [0.717, 1.165) is 12.0 Å². The lowest BCUT2D eigenvalue weighted by Crippen LogP contribution is -2.23. The van der Waals surface area contributed by atoms with Gasteiger partial charge in [0.2, 0.25) is 0 Å². The zero-order chi connectivity index (χ0) is 10.2. The van der Waals surface area contributed by atoms with Crippen molar-refractivity contribution < 1.29 is 4.79 Å². The number of carbonyl (C=O) groups excluding carboxylic acids is 1. The highest BCUT2D eigenvalue weighted by Gasteiger charge is 1.95. The lowest BCUT2D eigenvalue weighted by molar-refractivity contribution is -0.115. The molecule has 72 valence electrons. The minimum Gasteiger partial charge on any atom is -0.345 e. The Bertz CT molecular complexity index is 353. The Morgan fingerprint density at radius 1 is 1.50 bits per heavy atom. The van der Waals surface area contributed by atoms with Crippen molar-refractivity contribution in [3.05, 3.63) is 30.1 Å². The summed E-state index contributed by atoms with van der Waals surface area (Å²) in [4.78, 5) is 17.2. The molecule has 0 atom stereocenters. The van der Waals surface area contributed by atoms with E-state index in [2.05, 4.69) is 37.0 Å². The van der Waals surface area contributed by atoms with Crippen LogP contribution < -0.4 is 5.32 Å². The summed E-state index contributed by atoms with van der Waals surface area (Å²) in [5.41, 5.74) is 1.15. The molecule has 0 aliphatic heterocycles. The van der Waals surface area contributed by atoms with Gasteiger partial charge >= 0.3 is 0 Å². The maximum Gasteiger partial charge on any atom is 0.296 e. The first-order valence-electron chi connectivity index (χ1n) is 4.11. The van der Waals surface area contributed by atoms with Crippen LogP contribution in [0.2, 0.25) is 0 Å². The number of hydrogen-bond donors (Lipinski definition) is 1. The van der Waals surface area contributed by atoms with Crippen LogP contribution in [-0.2, 0) is 11.2 Å². The molecule has 0 unspecified atom stereocenters. The number of carbonyl (C=O) groups is 1. The van der Waals surface area contributed by atoms with E-state index in [-0.39, 0.29) is 5.91 Å². The number of aromatic nitrogens is 1. The fourth-order valence-electron chi connectivity index (χ4n) is 0.957. The third kappa shape index (κ3) is 4.06. The van der Waals surface area contributed by atoms with Gasteiger partial charge in [0.15, 0.2) is 0 Å². The third-order valence-corrected chi connectivity index (χ3v) is 1.81. The minimum absolute atomic E-state index is 0.268. The Balaban J connectivity index is 2.28. The molecule has 1 N–H and O–H groups in total. The van der Waals surface area contributed by atoms with Crippen LogP contribution in [0.25, 0.3) is 0 Å². The number of nitrogens with zero attached hydrogens (tertiary/aromatic N) is 1. The summed E-state index contributed by atoms with van der Waals surface area (Å²) in [5, 5.41) is 2.67. The lowest BCUT2D eigenvalue weighted by atomic mass is 10.2. The van der Waals surface area contributed by atoms with Crippen LogP contribution in [-0.4, -0.2) is 17.4 Å². The van der Waals surface area contributed by atoms with Crippen LogP contribution in [0.1, 0.15) is 5.56 Å². The standard InChI is InChI=1S/C10H9BrN2O/c11-5-1-10(14)13-8-4-9-2-6-12-7-3-9/h2-3,6-7H,4,8H2,(H,13,14). The van der Waals surface area contributed by atoms with Crippen LogP contribution in [0.3, 0.4) is 0 Å². The first-order valence-corrected chi connectivity index (χ1v) is 4.90. The molecule has 0 saturated heterocycles. The molecular weight excluding hydrogens is 244 g/mol. The van der Waals surface area contributed by atoms with Crippen LogP contribution in [0.5, 0.6) is 0 Å². The van der Waals surface area contributed by atoms with Crippen molar-refractivity contribution in [3.63, 3.8) is 0 Å². The molecule has 1 aromatic rings. The van der Waals surface area contributed by atoms with E-state index in [9.17, 15) is 4.79 Å². The second-order valence-electron chi connectivity index (χ2n) is 2.58. The van der Waals surface area contributed by atoms with Crippen molar-refractivity contribution in [2.24, 2.45) is 0 Å². The molecule has 1 rings (SSSR count). The van der Waals surface area contributed by atoms with Gasteiger partial charge in [0.25, 0.3) is 5.91 Å². The second-order valence-corrected chi connectivity index (χ2v) is 2.98. The molecule has 1 aromatic heterocycles. The molecule has 0 aliphatic rings. The molecule has 0 aliphatic carbocycles. The maximum atomic E-state index is 10.9. The van der Waals surface area contributed by atoms with Crippen molar-refractivity contribution in [1.29, 1.82) is 0 Å². The molecule has 3 nitrogen and oxygen atoms in total. The molecule has 14 heavy (non-hydrogen) atoms.